The van der Waals surface area contributed by atoms with Crippen LogP contribution in [0.2, 0.25) is 0 Å². The highest BCUT2D eigenvalue weighted by Crippen LogP contribution is 2.36. The number of alkyl halides is 3. The van der Waals surface area contributed by atoms with Crippen LogP contribution in [0.25, 0.3) is 11.0 Å². The van der Waals surface area contributed by atoms with Crippen LogP contribution in [-0.2, 0) is 12.7 Å². The van der Waals surface area contributed by atoms with Gasteiger partial charge in [0.1, 0.15) is 13.2 Å². The van der Waals surface area contributed by atoms with Gasteiger partial charge < -0.3 is 18.8 Å². The number of halogens is 3. The number of hydrogen-bond donors (Lipinski definition) is 0. The van der Waals surface area contributed by atoms with Crippen LogP contribution in [0.5, 0.6) is 11.5 Å². The molecule has 1 aromatic heterocycles. The van der Waals surface area contributed by atoms with Gasteiger partial charge in [-0.15, -0.1) is 0 Å². The van der Waals surface area contributed by atoms with Crippen molar-refractivity contribution in [2.75, 3.05) is 25.2 Å². The fourth-order valence-electron chi connectivity index (χ4n) is 3.13. The summed E-state index contributed by atoms with van der Waals surface area (Å²) in [6.07, 6.45) is -4.88. The second-order valence-corrected chi connectivity index (χ2v) is 6.76. The summed E-state index contributed by atoms with van der Waals surface area (Å²) >= 11 is 0. The predicted octanol–water partition coefficient (Wildman–Crippen LogP) is 3.52. The third-order valence-corrected chi connectivity index (χ3v) is 4.57. The van der Waals surface area contributed by atoms with Crippen molar-refractivity contribution in [2.24, 2.45) is 0 Å². The van der Waals surface area contributed by atoms with Crippen molar-refractivity contribution in [3.63, 3.8) is 0 Å². The van der Waals surface area contributed by atoms with Gasteiger partial charge in [0.25, 0.3) is 5.56 Å². The molecule has 0 aliphatic carbocycles. The SMILES string of the molecule is CN(Cc1ccc2c(c1)OCCO2)c1nc(=O)c2cc(C(F)(F)F)cc([N+](=O)[O-])c2o1. The standard InChI is InChI=1S/C19H14F3N3O6/c1-24(9-10-2-3-14-15(6-10)30-5-4-29-14)18-23-17(26)12-7-11(19(20,21)22)8-13(25(27)28)16(12)31-18/h2-3,6-8H,4-5,9H2,1H3. The zero-order valence-electron chi connectivity index (χ0n) is 15.9. The van der Waals surface area contributed by atoms with Gasteiger partial charge >= 0.3 is 17.9 Å². The Morgan fingerprint density at radius 1 is 1.16 bits per heavy atom. The fraction of sp³-hybridized carbons (Fsp3) is 0.263. The molecule has 0 saturated carbocycles. The molecular weight excluding hydrogens is 423 g/mol. The Balaban J connectivity index is 1.73. The maximum absolute atomic E-state index is 13.1. The maximum Gasteiger partial charge on any atom is 0.416 e. The lowest BCUT2D eigenvalue weighted by molar-refractivity contribution is -0.383. The zero-order chi connectivity index (χ0) is 22.3. The van der Waals surface area contributed by atoms with Gasteiger partial charge in [-0.3, -0.25) is 14.9 Å². The molecular formula is C19H14F3N3O6. The third kappa shape index (κ3) is 3.96. The predicted molar refractivity (Wildman–Crippen MR) is 101 cm³/mol. The summed E-state index contributed by atoms with van der Waals surface area (Å²) in [5.74, 6) is 1.13. The summed E-state index contributed by atoms with van der Waals surface area (Å²) in [4.78, 5) is 27.7. The number of hydrogen-bond acceptors (Lipinski definition) is 8. The molecule has 1 aliphatic heterocycles. The van der Waals surface area contributed by atoms with Crippen molar-refractivity contribution in [1.29, 1.82) is 0 Å². The second-order valence-electron chi connectivity index (χ2n) is 6.76. The van der Waals surface area contributed by atoms with Crippen LogP contribution in [0, 0.1) is 10.1 Å². The highest BCUT2D eigenvalue weighted by molar-refractivity contribution is 5.86. The van der Waals surface area contributed by atoms with Crippen LogP contribution < -0.4 is 19.9 Å². The summed E-state index contributed by atoms with van der Waals surface area (Å²) in [6.45, 7) is 1.01. The number of non-ortho nitro benzene ring substituents is 1. The molecule has 12 heteroatoms. The maximum atomic E-state index is 13.1. The molecule has 0 bridgehead atoms. The van der Waals surface area contributed by atoms with Crippen LogP contribution in [0.15, 0.2) is 39.5 Å². The summed E-state index contributed by atoms with van der Waals surface area (Å²) in [5, 5.41) is 10.7. The first-order chi connectivity index (χ1) is 14.6. The molecule has 162 valence electrons. The van der Waals surface area contributed by atoms with Gasteiger partial charge in [0.05, 0.1) is 15.9 Å². The lowest BCUT2D eigenvalue weighted by Crippen LogP contribution is -2.22. The first-order valence-corrected chi connectivity index (χ1v) is 8.93. The minimum absolute atomic E-state index is 0.173. The quantitative estimate of drug-likeness (QED) is 0.451. The minimum Gasteiger partial charge on any atom is -0.486 e. The van der Waals surface area contributed by atoms with E-state index in [1.807, 2.05) is 0 Å². The molecule has 0 spiro atoms. The van der Waals surface area contributed by atoms with Crippen molar-refractivity contribution in [2.45, 2.75) is 12.7 Å². The van der Waals surface area contributed by atoms with E-state index in [1.54, 1.807) is 18.2 Å². The third-order valence-electron chi connectivity index (χ3n) is 4.57. The largest absolute Gasteiger partial charge is 0.486 e. The Bertz CT molecular complexity index is 1240. The lowest BCUT2D eigenvalue weighted by atomic mass is 10.1. The van der Waals surface area contributed by atoms with Gasteiger partial charge in [-0.1, -0.05) is 6.07 Å². The normalized spacial score (nSPS) is 13.3. The highest BCUT2D eigenvalue weighted by atomic mass is 19.4. The van der Waals surface area contributed by atoms with Gasteiger partial charge in [-0.2, -0.15) is 18.2 Å². The Labute approximate surface area is 171 Å². The molecule has 2 aromatic carbocycles. The summed E-state index contributed by atoms with van der Waals surface area (Å²) in [5.41, 5.74) is -3.23. The van der Waals surface area contributed by atoms with E-state index in [-0.39, 0.29) is 12.6 Å². The molecule has 0 radical (unpaired) electrons. The summed E-state index contributed by atoms with van der Waals surface area (Å²) < 4.78 is 55.5. The fourth-order valence-corrected chi connectivity index (χ4v) is 3.13. The van der Waals surface area contributed by atoms with Gasteiger partial charge in [0.15, 0.2) is 11.5 Å². The van der Waals surface area contributed by atoms with Crippen LogP contribution in [0.1, 0.15) is 11.1 Å². The zero-order valence-corrected chi connectivity index (χ0v) is 15.9. The Kier molecular flexibility index (Phi) is 4.91. The number of nitro benzene ring substituents is 1. The van der Waals surface area contributed by atoms with E-state index < -0.39 is 38.9 Å². The Morgan fingerprint density at radius 2 is 1.87 bits per heavy atom. The van der Waals surface area contributed by atoms with Crippen LogP contribution >= 0.6 is 0 Å². The van der Waals surface area contributed by atoms with E-state index in [0.717, 1.165) is 5.56 Å². The van der Waals surface area contributed by atoms with Gasteiger partial charge in [-0.25, -0.2) is 0 Å². The second kappa shape index (κ2) is 7.45. The van der Waals surface area contributed by atoms with Crippen molar-refractivity contribution in [3.05, 3.63) is 61.9 Å². The molecule has 4 rings (SSSR count). The molecule has 0 N–H and O–H groups in total. The lowest BCUT2D eigenvalue weighted by Gasteiger charge is -2.21. The van der Waals surface area contributed by atoms with Crippen molar-refractivity contribution < 1.29 is 32.0 Å². The van der Waals surface area contributed by atoms with Gasteiger partial charge in [-0.05, 0) is 23.8 Å². The molecule has 0 fully saturated rings. The van der Waals surface area contributed by atoms with Gasteiger partial charge in [0, 0.05) is 19.7 Å². The molecule has 31 heavy (non-hydrogen) atoms. The van der Waals surface area contributed by atoms with Crippen molar-refractivity contribution >= 4 is 22.7 Å². The van der Waals surface area contributed by atoms with E-state index in [4.69, 9.17) is 13.9 Å². The molecule has 1 aliphatic rings. The Morgan fingerprint density at radius 3 is 2.55 bits per heavy atom. The average molecular weight is 437 g/mol. The molecule has 3 aromatic rings. The topological polar surface area (TPSA) is 108 Å². The van der Waals surface area contributed by atoms with Crippen molar-refractivity contribution in [1.82, 2.24) is 4.98 Å². The number of rotatable bonds is 4. The smallest absolute Gasteiger partial charge is 0.416 e. The monoisotopic (exact) mass is 437 g/mol. The average Bonchev–Trinajstić information content (AvgIpc) is 2.72. The molecule has 0 unspecified atom stereocenters. The highest BCUT2D eigenvalue weighted by Gasteiger charge is 2.35. The van der Waals surface area contributed by atoms with E-state index in [2.05, 4.69) is 4.98 Å². The van der Waals surface area contributed by atoms with Crippen molar-refractivity contribution in [3.8, 4) is 11.5 Å². The summed E-state index contributed by atoms with van der Waals surface area (Å²) in [7, 11) is 1.52. The Hall–Kier alpha value is -3.83. The van der Waals surface area contributed by atoms with Crippen LogP contribution in [0.3, 0.4) is 0 Å². The first kappa shape index (κ1) is 20.4. The van der Waals surface area contributed by atoms with E-state index in [0.29, 0.717) is 36.8 Å². The first-order valence-electron chi connectivity index (χ1n) is 8.93. The number of aromatic nitrogens is 1. The number of fused-ring (bicyclic) bond motifs is 2. The molecule has 0 amide bonds. The van der Waals surface area contributed by atoms with E-state index >= 15 is 0 Å². The number of anilines is 1. The number of nitrogens with zero attached hydrogens (tertiary/aromatic N) is 3. The number of benzene rings is 2. The van der Waals surface area contributed by atoms with Crippen LogP contribution in [0.4, 0.5) is 24.9 Å². The van der Waals surface area contributed by atoms with Crippen LogP contribution in [-0.4, -0.2) is 30.2 Å². The van der Waals surface area contributed by atoms with E-state index in [9.17, 15) is 28.1 Å². The molecule has 0 atom stereocenters. The summed E-state index contributed by atoms with van der Waals surface area (Å²) in [6, 6.07) is 5.73. The molecule has 0 saturated heterocycles. The van der Waals surface area contributed by atoms with Gasteiger partial charge in [0.2, 0.25) is 5.58 Å². The van der Waals surface area contributed by atoms with E-state index in [1.165, 1.54) is 11.9 Å². The molecule has 9 nitrogen and oxygen atoms in total. The number of nitro groups is 1. The molecule has 2 heterocycles. The minimum atomic E-state index is -4.88. The number of ether oxygens (including phenoxy) is 2.